The Kier molecular flexibility index (Phi) is 4.55. The third-order valence-corrected chi connectivity index (χ3v) is 7.10. The zero-order valence-corrected chi connectivity index (χ0v) is 16.0. The first-order valence-corrected chi connectivity index (χ1v) is 10.1. The molecule has 1 N–H and O–H groups in total. The average Bonchev–Trinajstić information content (AvgIpc) is 2.53. The van der Waals surface area contributed by atoms with Crippen LogP contribution in [0, 0.1) is 23.1 Å². The number of hydrogen-bond acceptors (Lipinski definition) is 2. The van der Waals surface area contributed by atoms with Crippen LogP contribution < -0.4 is 10.1 Å². The molecule has 3 nitrogen and oxygen atoms in total. The highest BCUT2D eigenvalue weighted by molar-refractivity contribution is 9.10. The zero-order valence-electron chi connectivity index (χ0n) is 14.4. The van der Waals surface area contributed by atoms with Gasteiger partial charge in [-0.2, -0.15) is 0 Å². The molecule has 2 unspecified atom stereocenters. The Morgan fingerprint density at radius 1 is 1.24 bits per heavy atom. The number of para-hydroxylation sites is 1. The Bertz CT molecular complexity index is 651. The fourth-order valence-electron chi connectivity index (χ4n) is 5.62. The molecule has 5 rings (SSSR count). The molecule has 4 fully saturated rings. The summed E-state index contributed by atoms with van der Waals surface area (Å²) >= 11 is 3.95. The highest BCUT2D eigenvalue weighted by Gasteiger charge is 2.59. The van der Waals surface area contributed by atoms with E-state index >= 15 is 0 Å². The summed E-state index contributed by atoms with van der Waals surface area (Å²) in [5.41, 5.74) is -0.167. The van der Waals surface area contributed by atoms with Gasteiger partial charge in [-0.05, 0) is 68.9 Å². The molecule has 0 saturated heterocycles. The summed E-state index contributed by atoms with van der Waals surface area (Å²) in [4.78, 5) is 12.9. The van der Waals surface area contributed by atoms with Crippen molar-refractivity contribution >= 4 is 21.8 Å². The minimum absolute atomic E-state index is 0.167. The number of hydrogen-bond donors (Lipinski definition) is 1. The molecule has 1 aromatic carbocycles. The van der Waals surface area contributed by atoms with Crippen molar-refractivity contribution in [3.05, 3.63) is 30.1 Å². The lowest BCUT2D eigenvalue weighted by Crippen LogP contribution is -2.58. The van der Waals surface area contributed by atoms with Crippen LogP contribution >= 0.6 is 15.9 Å². The highest BCUT2D eigenvalue weighted by Crippen LogP contribution is 2.64. The van der Waals surface area contributed by atoms with Gasteiger partial charge in [0, 0.05) is 10.9 Å². The Morgan fingerprint density at radius 3 is 2.64 bits per heavy atom. The SMILES string of the molecule is O=C(NCCCOc1ccccc1F)C12CC3CC(CC(Br)(C3)C1)C2. The van der Waals surface area contributed by atoms with E-state index in [4.69, 9.17) is 4.74 Å². The van der Waals surface area contributed by atoms with Gasteiger partial charge in [-0.25, -0.2) is 4.39 Å². The Balaban J connectivity index is 1.26. The van der Waals surface area contributed by atoms with E-state index in [1.165, 1.54) is 25.3 Å². The van der Waals surface area contributed by atoms with Crippen molar-refractivity contribution in [3.8, 4) is 5.75 Å². The van der Waals surface area contributed by atoms with E-state index in [1.807, 2.05) is 0 Å². The first-order valence-electron chi connectivity index (χ1n) is 9.33. The fourth-order valence-corrected chi connectivity index (χ4v) is 7.07. The second-order valence-corrected chi connectivity index (χ2v) is 9.96. The summed E-state index contributed by atoms with van der Waals surface area (Å²) < 4.78 is 19.1. The number of carbonyl (C=O) groups is 1. The maximum absolute atomic E-state index is 13.5. The standard InChI is InChI=1S/C20H25BrFNO2/c21-20-11-14-8-15(12-20)10-19(9-14,13-20)18(24)23-6-3-7-25-17-5-2-1-4-16(17)22/h1-2,4-5,14-15H,3,6-13H2,(H,23,24). The van der Waals surface area contributed by atoms with Crippen LogP contribution in [0.5, 0.6) is 5.75 Å². The maximum Gasteiger partial charge on any atom is 0.226 e. The molecule has 4 aliphatic rings. The normalized spacial score (nSPS) is 35.6. The molecule has 2 atom stereocenters. The second-order valence-electron chi connectivity index (χ2n) is 8.28. The Labute approximate surface area is 156 Å². The van der Waals surface area contributed by atoms with Crippen molar-refractivity contribution < 1.29 is 13.9 Å². The van der Waals surface area contributed by atoms with Gasteiger partial charge in [0.05, 0.1) is 12.0 Å². The van der Waals surface area contributed by atoms with E-state index in [2.05, 4.69) is 21.2 Å². The average molecular weight is 410 g/mol. The van der Waals surface area contributed by atoms with Crippen LogP contribution in [0.3, 0.4) is 0 Å². The lowest BCUT2D eigenvalue weighted by molar-refractivity contribution is -0.144. The van der Waals surface area contributed by atoms with Crippen molar-refractivity contribution in [1.29, 1.82) is 0 Å². The second kappa shape index (κ2) is 6.57. The molecular weight excluding hydrogens is 385 g/mol. The quantitative estimate of drug-likeness (QED) is 0.556. The number of ether oxygens (including phenoxy) is 1. The molecule has 1 aromatic rings. The van der Waals surface area contributed by atoms with Crippen LogP contribution in [0.1, 0.15) is 44.9 Å². The number of alkyl halides is 1. The number of nitrogens with one attached hydrogen (secondary N) is 1. The molecule has 5 heteroatoms. The number of benzene rings is 1. The van der Waals surface area contributed by atoms with E-state index in [0.29, 0.717) is 31.4 Å². The van der Waals surface area contributed by atoms with Crippen molar-refractivity contribution in [3.63, 3.8) is 0 Å². The van der Waals surface area contributed by atoms with Crippen molar-refractivity contribution in [1.82, 2.24) is 5.32 Å². The van der Waals surface area contributed by atoms with E-state index in [-0.39, 0.29) is 27.2 Å². The van der Waals surface area contributed by atoms with Crippen LogP contribution in [0.15, 0.2) is 24.3 Å². The molecule has 0 heterocycles. The van der Waals surface area contributed by atoms with E-state index in [9.17, 15) is 9.18 Å². The molecule has 1 amide bonds. The number of halogens is 2. The zero-order chi connectivity index (χ0) is 17.5. The topological polar surface area (TPSA) is 38.3 Å². The molecule has 25 heavy (non-hydrogen) atoms. The molecular formula is C20H25BrFNO2. The van der Waals surface area contributed by atoms with Gasteiger partial charge >= 0.3 is 0 Å². The predicted octanol–water partition coefficient (Wildman–Crippen LogP) is 4.44. The molecule has 4 saturated carbocycles. The van der Waals surface area contributed by atoms with Crippen molar-refractivity contribution in [2.75, 3.05) is 13.2 Å². The van der Waals surface area contributed by atoms with E-state index in [0.717, 1.165) is 19.3 Å². The molecule has 0 radical (unpaired) electrons. The van der Waals surface area contributed by atoms with Crippen LogP contribution in [0.25, 0.3) is 0 Å². The highest BCUT2D eigenvalue weighted by atomic mass is 79.9. The number of carbonyl (C=O) groups excluding carboxylic acids is 1. The summed E-state index contributed by atoms with van der Waals surface area (Å²) in [6.45, 7) is 0.988. The largest absolute Gasteiger partial charge is 0.490 e. The van der Waals surface area contributed by atoms with Gasteiger partial charge in [-0.15, -0.1) is 0 Å². The van der Waals surface area contributed by atoms with Crippen molar-refractivity contribution in [2.24, 2.45) is 17.3 Å². The van der Waals surface area contributed by atoms with Gasteiger partial charge in [0.25, 0.3) is 0 Å². The third kappa shape index (κ3) is 3.44. The summed E-state index contributed by atoms with van der Waals surface area (Å²) in [6.07, 6.45) is 7.53. The van der Waals surface area contributed by atoms with Gasteiger partial charge in [-0.3, -0.25) is 4.79 Å². The molecule has 136 valence electrons. The van der Waals surface area contributed by atoms with Gasteiger partial charge in [0.1, 0.15) is 0 Å². The first-order chi connectivity index (χ1) is 12.0. The Morgan fingerprint density at radius 2 is 1.96 bits per heavy atom. The van der Waals surface area contributed by atoms with Crippen LogP contribution in [-0.4, -0.2) is 23.4 Å². The van der Waals surface area contributed by atoms with E-state index < -0.39 is 0 Å². The maximum atomic E-state index is 13.5. The first kappa shape index (κ1) is 17.3. The van der Waals surface area contributed by atoms with Crippen LogP contribution in [-0.2, 0) is 4.79 Å². The molecule has 0 spiro atoms. The Hall–Kier alpha value is -1.10. The van der Waals surface area contributed by atoms with Crippen LogP contribution in [0.2, 0.25) is 0 Å². The van der Waals surface area contributed by atoms with Crippen LogP contribution in [0.4, 0.5) is 4.39 Å². The molecule has 4 bridgehead atoms. The van der Waals surface area contributed by atoms with Gasteiger partial charge < -0.3 is 10.1 Å². The summed E-state index contributed by atoms with van der Waals surface area (Å²) in [5.74, 6) is 1.56. The predicted molar refractivity (Wildman–Crippen MR) is 98.3 cm³/mol. The number of rotatable bonds is 6. The van der Waals surface area contributed by atoms with Gasteiger partial charge in [0.15, 0.2) is 11.6 Å². The monoisotopic (exact) mass is 409 g/mol. The minimum atomic E-state index is -0.345. The lowest BCUT2D eigenvalue weighted by atomic mass is 9.49. The summed E-state index contributed by atoms with van der Waals surface area (Å²) in [6, 6.07) is 6.41. The summed E-state index contributed by atoms with van der Waals surface area (Å²) in [5, 5.41) is 3.12. The molecule has 0 aromatic heterocycles. The van der Waals surface area contributed by atoms with Gasteiger partial charge in [-0.1, -0.05) is 28.1 Å². The third-order valence-electron chi connectivity index (χ3n) is 6.17. The lowest BCUT2D eigenvalue weighted by Gasteiger charge is -2.59. The molecule has 0 aliphatic heterocycles. The minimum Gasteiger partial charge on any atom is -0.490 e. The fraction of sp³-hybridized carbons (Fsp3) is 0.650. The molecule has 4 aliphatic carbocycles. The van der Waals surface area contributed by atoms with Gasteiger partial charge in [0.2, 0.25) is 5.91 Å². The van der Waals surface area contributed by atoms with Crippen molar-refractivity contribution in [2.45, 2.75) is 49.3 Å². The smallest absolute Gasteiger partial charge is 0.226 e. The van der Waals surface area contributed by atoms with E-state index in [1.54, 1.807) is 18.2 Å². The number of amides is 1. The summed E-state index contributed by atoms with van der Waals surface area (Å²) in [7, 11) is 0.